The molecule has 0 amide bonds. The van der Waals surface area contributed by atoms with Crippen LogP contribution in [0.4, 0.5) is 0 Å². The molecule has 0 spiro atoms. The van der Waals surface area contributed by atoms with E-state index in [1.807, 2.05) is 0 Å². The van der Waals surface area contributed by atoms with E-state index in [1.54, 1.807) is 18.2 Å². The molecule has 1 fully saturated rings. The number of aliphatic hydroxyl groups is 2. The van der Waals surface area contributed by atoms with Crippen molar-refractivity contribution in [2.75, 3.05) is 6.61 Å². The number of carbonyl (C=O) groups excluding carboxylic acids is 1. The molecule has 0 aliphatic carbocycles. The van der Waals surface area contributed by atoms with Gasteiger partial charge in [-0.15, -0.1) is 0 Å². The summed E-state index contributed by atoms with van der Waals surface area (Å²) in [6.45, 7) is 1.23. The van der Waals surface area contributed by atoms with Gasteiger partial charge in [0.15, 0.2) is 12.3 Å². The molecule has 1 aromatic carbocycles. The zero-order chi connectivity index (χ0) is 18.8. The number of aryl methyl sites for hydroxylation is 1. The molecule has 138 valence electrons. The van der Waals surface area contributed by atoms with Gasteiger partial charge in [0.2, 0.25) is 0 Å². The van der Waals surface area contributed by atoms with Crippen LogP contribution in [0.5, 0.6) is 0 Å². The van der Waals surface area contributed by atoms with Crippen LogP contribution in [-0.4, -0.2) is 50.7 Å². The van der Waals surface area contributed by atoms with Crippen LogP contribution < -0.4 is 11.2 Å². The molecule has 4 atom stereocenters. The average molecular weight is 362 g/mol. The summed E-state index contributed by atoms with van der Waals surface area (Å²) in [4.78, 5) is 38.1. The van der Waals surface area contributed by atoms with Crippen molar-refractivity contribution < 1.29 is 24.5 Å². The largest absolute Gasteiger partial charge is 0.451 e. The smallest absolute Gasteiger partial charge is 0.338 e. The maximum atomic E-state index is 12.3. The van der Waals surface area contributed by atoms with E-state index in [-0.39, 0.29) is 17.7 Å². The highest BCUT2D eigenvalue weighted by Crippen LogP contribution is 2.26. The fourth-order valence-electron chi connectivity index (χ4n) is 2.69. The Kier molecular flexibility index (Phi) is 5.03. The summed E-state index contributed by atoms with van der Waals surface area (Å²) >= 11 is 0. The third-order valence-electron chi connectivity index (χ3n) is 4.12. The van der Waals surface area contributed by atoms with Gasteiger partial charge in [0.05, 0.1) is 12.2 Å². The fourth-order valence-corrected chi connectivity index (χ4v) is 2.69. The minimum atomic E-state index is -1.47. The monoisotopic (exact) mass is 362 g/mol. The molecule has 1 saturated heterocycles. The molecule has 9 nitrogen and oxygen atoms in total. The number of aromatic nitrogens is 2. The molecule has 0 bridgehead atoms. The summed E-state index contributed by atoms with van der Waals surface area (Å²) in [5.41, 5.74) is -0.860. The first-order valence-corrected chi connectivity index (χ1v) is 7.94. The number of ether oxygens (including phenoxy) is 2. The number of esters is 1. The number of nitrogens with one attached hydrogen (secondary N) is 1. The van der Waals surface area contributed by atoms with Gasteiger partial charge in [0.25, 0.3) is 5.56 Å². The van der Waals surface area contributed by atoms with E-state index < -0.39 is 41.8 Å². The Labute approximate surface area is 147 Å². The highest BCUT2D eigenvalue weighted by Gasteiger charge is 2.43. The Hall–Kier alpha value is -2.75. The number of nitrogens with zero attached hydrogens (tertiary/aromatic N) is 1. The lowest BCUT2D eigenvalue weighted by atomic mass is 10.0. The third kappa shape index (κ3) is 3.45. The molecule has 3 rings (SSSR count). The number of aliphatic hydroxyl groups excluding tert-OH is 2. The van der Waals surface area contributed by atoms with E-state index in [2.05, 4.69) is 4.98 Å². The van der Waals surface area contributed by atoms with Crippen molar-refractivity contribution in [2.24, 2.45) is 0 Å². The van der Waals surface area contributed by atoms with Crippen molar-refractivity contribution in [1.82, 2.24) is 9.55 Å². The summed E-state index contributed by atoms with van der Waals surface area (Å²) in [5.74, 6) is -0.744. The van der Waals surface area contributed by atoms with Gasteiger partial charge in [-0.1, -0.05) is 18.2 Å². The van der Waals surface area contributed by atoms with Crippen LogP contribution in [0.3, 0.4) is 0 Å². The van der Waals surface area contributed by atoms with Gasteiger partial charge in [0, 0.05) is 11.8 Å². The molecule has 26 heavy (non-hydrogen) atoms. The van der Waals surface area contributed by atoms with Crippen molar-refractivity contribution in [3.63, 3.8) is 0 Å². The number of rotatable bonds is 3. The van der Waals surface area contributed by atoms with Crippen LogP contribution in [0.1, 0.15) is 22.1 Å². The Morgan fingerprint density at radius 3 is 2.65 bits per heavy atom. The first-order valence-electron chi connectivity index (χ1n) is 7.94. The molecule has 0 saturated carbocycles. The van der Waals surface area contributed by atoms with E-state index in [0.717, 1.165) is 4.57 Å². The Bertz CT molecular complexity index is 905. The van der Waals surface area contributed by atoms with E-state index in [0.29, 0.717) is 0 Å². The fraction of sp³-hybridized carbons (Fsp3) is 0.353. The highest BCUT2D eigenvalue weighted by atomic mass is 16.6. The lowest BCUT2D eigenvalue weighted by Crippen LogP contribution is -2.54. The SMILES string of the molecule is Cc1cn(C2OC[C@H](O)[C@H](O)[C@H]2OC(=O)c2ccccc2)c(=O)[nH]c1=O. The van der Waals surface area contributed by atoms with E-state index >= 15 is 0 Å². The lowest BCUT2D eigenvalue weighted by Gasteiger charge is -2.38. The number of carbonyl (C=O) groups is 1. The second-order valence-electron chi connectivity index (χ2n) is 6.00. The third-order valence-corrected chi connectivity index (χ3v) is 4.12. The molecule has 3 N–H and O–H groups in total. The highest BCUT2D eigenvalue weighted by molar-refractivity contribution is 5.89. The normalized spacial score (nSPS) is 25.7. The van der Waals surface area contributed by atoms with E-state index in [9.17, 15) is 24.6 Å². The summed E-state index contributed by atoms with van der Waals surface area (Å²) in [6, 6.07) is 8.07. The van der Waals surface area contributed by atoms with Gasteiger partial charge in [-0.3, -0.25) is 14.3 Å². The molecule has 1 unspecified atom stereocenters. The molecule has 0 radical (unpaired) electrons. The molecular formula is C17H18N2O7. The van der Waals surface area contributed by atoms with Crippen LogP contribution in [-0.2, 0) is 9.47 Å². The molecular weight excluding hydrogens is 344 g/mol. The topological polar surface area (TPSA) is 131 Å². The molecule has 9 heteroatoms. The van der Waals surface area contributed by atoms with Crippen molar-refractivity contribution >= 4 is 5.97 Å². The molecule has 1 aliphatic rings. The molecule has 1 aromatic heterocycles. The number of hydrogen-bond donors (Lipinski definition) is 3. The zero-order valence-electron chi connectivity index (χ0n) is 13.9. The Balaban J connectivity index is 1.95. The Morgan fingerprint density at radius 1 is 1.27 bits per heavy atom. The number of H-pyrrole nitrogens is 1. The standard InChI is InChI=1S/C17H18N2O7/c1-9-7-19(17(24)18-14(9)22)15-13(12(21)11(20)8-25-15)26-16(23)10-5-3-2-4-6-10/h2-7,11-13,15,20-21H,8H2,1H3,(H,18,22,24)/t11-,12-,13+,15?/m0/s1. The zero-order valence-corrected chi connectivity index (χ0v) is 13.9. The predicted molar refractivity (Wildman–Crippen MR) is 88.7 cm³/mol. The lowest BCUT2D eigenvalue weighted by molar-refractivity contribution is -0.212. The minimum absolute atomic E-state index is 0.238. The molecule has 2 aromatic rings. The van der Waals surface area contributed by atoms with Gasteiger partial charge in [0.1, 0.15) is 12.2 Å². The molecule has 1 aliphatic heterocycles. The average Bonchev–Trinajstić information content (AvgIpc) is 2.63. The van der Waals surface area contributed by atoms with Gasteiger partial charge in [-0.25, -0.2) is 9.59 Å². The van der Waals surface area contributed by atoms with Crippen molar-refractivity contribution in [3.05, 3.63) is 68.5 Å². The number of benzene rings is 1. The maximum absolute atomic E-state index is 12.3. The minimum Gasteiger partial charge on any atom is -0.451 e. The quantitative estimate of drug-likeness (QED) is 0.617. The van der Waals surface area contributed by atoms with Crippen LogP contribution >= 0.6 is 0 Å². The number of aromatic amines is 1. The van der Waals surface area contributed by atoms with Gasteiger partial charge < -0.3 is 19.7 Å². The summed E-state index contributed by atoms with van der Waals surface area (Å²) in [7, 11) is 0. The second kappa shape index (κ2) is 7.24. The van der Waals surface area contributed by atoms with Gasteiger partial charge in [-0.2, -0.15) is 0 Å². The summed E-state index contributed by atoms with van der Waals surface area (Å²) in [6.07, 6.45) is -4.07. The van der Waals surface area contributed by atoms with Crippen molar-refractivity contribution in [3.8, 4) is 0 Å². The van der Waals surface area contributed by atoms with Crippen molar-refractivity contribution in [2.45, 2.75) is 31.5 Å². The first-order chi connectivity index (χ1) is 12.4. The predicted octanol–water partition coefficient (Wildman–Crippen LogP) is -0.679. The Morgan fingerprint density at radius 2 is 1.96 bits per heavy atom. The van der Waals surface area contributed by atoms with Crippen LogP contribution in [0, 0.1) is 6.92 Å². The van der Waals surface area contributed by atoms with Crippen LogP contribution in [0.25, 0.3) is 0 Å². The first kappa shape index (κ1) is 18.1. The molecule has 2 heterocycles. The number of hydrogen-bond acceptors (Lipinski definition) is 7. The summed E-state index contributed by atoms with van der Waals surface area (Å²) in [5, 5.41) is 20.1. The van der Waals surface area contributed by atoms with E-state index in [4.69, 9.17) is 9.47 Å². The van der Waals surface area contributed by atoms with Crippen molar-refractivity contribution in [1.29, 1.82) is 0 Å². The van der Waals surface area contributed by atoms with E-state index in [1.165, 1.54) is 25.3 Å². The second-order valence-corrected chi connectivity index (χ2v) is 6.00. The van der Waals surface area contributed by atoms with Gasteiger partial charge >= 0.3 is 11.7 Å². The van der Waals surface area contributed by atoms with Crippen LogP contribution in [0.2, 0.25) is 0 Å². The van der Waals surface area contributed by atoms with Crippen LogP contribution in [0.15, 0.2) is 46.1 Å². The summed E-state index contributed by atoms with van der Waals surface area (Å²) < 4.78 is 11.8. The maximum Gasteiger partial charge on any atom is 0.338 e. The van der Waals surface area contributed by atoms with Gasteiger partial charge in [-0.05, 0) is 19.1 Å².